The molecule has 4 aliphatic rings. The molecule has 3 heteroatoms. The van der Waals surface area contributed by atoms with Crippen LogP contribution in [0.15, 0.2) is 107 Å². The van der Waals surface area contributed by atoms with Crippen molar-refractivity contribution in [3.8, 4) is 0 Å². The first-order valence-electron chi connectivity index (χ1n) is 9.81. The van der Waals surface area contributed by atoms with Crippen molar-refractivity contribution in [2.75, 3.05) is 10.6 Å². The first-order chi connectivity index (χ1) is 14.3. The van der Waals surface area contributed by atoms with Crippen molar-refractivity contribution in [1.82, 2.24) is 0 Å². The summed E-state index contributed by atoms with van der Waals surface area (Å²) in [6.45, 7) is 0. The third-order valence-electron chi connectivity index (χ3n) is 5.39. The van der Waals surface area contributed by atoms with Crippen LogP contribution >= 0.6 is 15.9 Å². The fraction of sp³-hybridized carbons (Fsp3) is 0.0769. The van der Waals surface area contributed by atoms with Gasteiger partial charge in [0.25, 0.3) is 0 Å². The van der Waals surface area contributed by atoms with Crippen molar-refractivity contribution in [1.29, 1.82) is 0 Å². The van der Waals surface area contributed by atoms with Crippen LogP contribution in [0.4, 0.5) is 11.4 Å². The third kappa shape index (κ3) is 3.66. The summed E-state index contributed by atoms with van der Waals surface area (Å²) in [5.41, 5.74) is 7.59. The van der Waals surface area contributed by atoms with Crippen LogP contribution in [0.1, 0.15) is 11.1 Å². The van der Waals surface area contributed by atoms with Crippen LogP contribution in [0.3, 0.4) is 0 Å². The zero-order valence-electron chi connectivity index (χ0n) is 15.8. The SMILES string of the molecule is Brc1cccc2c1C=C1C=CC=CC1N2.C1=CC2=Cc3ccccc3NC2C=C1. The summed E-state index contributed by atoms with van der Waals surface area (Å²) in [4.78, 5) is 0. The minimum absolute atomic E-state index is 0.330. The Bertz CT molecular complexity index is 1130. The van der Waals surface area contributed by atoms with E-state index in [4.69, 9.17) is 0 Å². The Hall–Kier alpha value is -3.04. The van der Waals surface area contributed by atoms with Crippen LogP contribution in [0.5, 0.6) is 0 Å². The molecule has 142 valence electrons. The smallest absolute Gasteiger partial charge is 0.0701 e. The highest BCUT2D eigenvalue weighted by Crippen LogP contribution is 2.34. The molecule has 2 unspecified atom stereocenters. The molecule has 0 fully saturated rings. The Morgan fingerprint density at radius 3 is 2.10 bits per heavy atom. The van der Waals surface area contributed by atoms with Crippen LogP contribution in [-0.2, 0) is 0 Å². The molecule has 0 bridgehead atoms. The molecule has 6 rings (SSSR count). The van der Waals surface area contributed by atoms with E-state index in [2.05, 4.69) is 130 Å². The fourth-order valence-corrected chi connectivity index (χ4v) is 4.38. The molecule has 2 atom stereocenters. The lowest BCUT2D eigenvalue weighted by molar-refractivity contribution is 1.04. The zero-order valence-corrected chi connectivity index (χ0v) is 17.4. The number of halogens is 1. The molecule has 2 N–H and O–H groups in total. The molecular weight excluding hydrogens is 420 g/mol. The molecule has 2 aromatic carbocycles. The minimum Gasteiger partial charge on any atom is -0.374 e. The zero-order chi connectivity index (χ0) is 19.6. The Labute approximate surface area is 179 Å². The van der Waals surface area contributed by atoms with Gasteiger partial charge >= 0.3 is 0 Å². The normalized spacial score (nSPS) is 21.7. The number of anilines is 2. The minimum atomic E-state index is 0.330. The number of hydrogen-bond acceptors (Lipinski definition) is 2. The van der Waals surface area contributed by atoms with Gasteiger partial charge in [0.05, 0.1) is 12.1 Å². The van der Waals surface area contributed by atoms with Gasteiger partial charge in [-0.1, -0.05) is 88.8 Å². The third-order valence-corrected chi connectivity index (χ3v) is 6.09. The Balaban J connectivity index is 0.000000125. The quantitative estimate of drug-likeness (QED) is 0.473. The summed E-state index contributed by atoms with van der Waals surface area (Å²) in [5.74, 6) is 0. The maximum atomic E-state index is 3.57. The van der Waals surface area contributed by atoms with Gasteiger partial charge in [0.1, 0.15) is 0 Å². The molecule has 2 aliphatic heterocycles. The van der Waals surface area contributed by atoms with E-state index >= 15 is 0 Å². The largest absolute Gasteiger partial charge is 0.374 e. The predicted octanol–water partition coefficient (Wildman–Crippen LogP) is 6.74. The molecule has 29 heavy (non-hydrogen) atoms. The Morgan fingerprint density at radius 2 is 1.31 bits per heavy atom. The molecule has 0 aromatic heterocycles. The first-order valence-corrected chi connectivity index (χ1v) is 10.6. The number of rotatable bonds is 0. The van der Waals surface area contributed by atoms with Crippen molar-refractivity contribution in [3.05, 3.63) is 118 Å². The predicted molar refractivity (Wildman–Crippen MR) is 128 cm³/mol. The topological polar surface area (TPSA) is 24.1 Å². The molecule has 0 radical (unpaired) electrons. The fourth-order valence-electron chi connectivity index (χ4n) is 3.90. The number of hydrogen-bond donors (Lipinski definition) is 2. The summed E-state index contributed by atoms with van der Waals surface area (Å²) >= 11 is 3.57. The van der Waals surface area contributed by atoms with E-state index in [1.165, 1.54) is 33.6 Å². The van der Waals surface area contributed by atoms with Crippen LogP contribution in [-0.4, -0.2) is 12.1 Å². The highest BCUT2D eigenvalue weighted by Gasteiger charge is 2.19. The maximum Gasteiger partial charge on any atom is 0.0701 e. The summed E-state index contributed by atoms with van der Waals surface area (Å²) in [5, 5.41) is 7.00. The number of para-hydroxylation sites is 1. The second-order valence-electron chi connectivity index (χ2n) is 7.31. The van der Waals surface area contributed by atoms with Crippen LogP contribution in [0.2, 0.25) is 0 Å². The molecule has 2 aromatic rings. The lowest BCUT2D eigenvalue weighted by atomic mass is 9.94. The monoisotopic (exact) mass is 440 g/mol. The van der Waals surface area contributed by atoms with Gasteiger partial charge in [0.2, 0.25) is 0 Å². The standard InChI is InChI=1S/C13H10BrN.C13H11N/c14-11-5-3-7-13-10(11)8-9-4-1-2-6-12(9)15-13;1-3-7-12-10(5-1)9-11-6-2-4-8-13(11)14-12/h1-8,12,15H;1-9,12,14H. The van der Waals surface area contributed by atoms with E-state index in [0.29, 0.717) is 12.1 Å². The average Bonchev–Trinajstić information content (AvgIpc) is 2.77. The summed E-state index contributed by atoms with van der Waals surface area (Å²) < 4.78 is 1.14. The van der Waals surface area contributed by atoms with Gasteiger partial charge in [-0.25, -0.2) is 0 Å². The van der Waals surface area contributed by atoms with Gasteiger partial charge in [0.15, 0.2) is 0 Å². The van der Waals surface area contributed by atoms with E-state index in [0.717, 1.165) is 4.47 Å². The van der Waals surface area contributed by atoms with E-state index in [1.54, 1.807) is 0 Å². The van der Waals surface area contributed by atoms with Crippen LogP contribution < -0.4 is 10.6 Å². The Morgan fingerprint density at radius 1 is 0.655 bits per heavy atom. The summed E-state index contributed by atoms with van der Waals surface area (Å²) in [6.07, 6.45) is 21.5. The molecule has 0 spiro atoms. The molecule has 2 nitrogen and oxygen atoms in total. The molecule has 2 heterocycles. The molecular formula is C26H21BrN2. The van der Waals surface area contributed by atoms with E-state index in [-0.39, 0.29) is 0 Å². The molecule has 0 saturated heterocycles. The lowest BCUT2D eigenvalue weighted by Crippen LogP contribution is -2.23. The summed E-state index contributed by atoms with van der Waals surface area (Å²) in [6, 6.07) is 15.3. The van der Waals surface area contributed by atoms with Crippen molar-refractivity contribution in [2.45, 2.75) is 12.1 Å². The van der Waals surface area contributed by atoms with Gasteiger partial charge in [-0.15, -0.1) is 0 Å². The highest BCUT2D eigenvalue weighted by molar-refractivity contribution is 9.10. The first kappa shape index (κ1) is 18.0. The van der Waals surface area contributed by atoms with Crippen LogP contribution in [0.25, 0.3) is 12.2 Å². The average molecular weight is 441 g/mol. The molecule has 0 saturated carbocycles. The van der Waals surface area contributed by atoms with Gasteiger partial charge in [0, 0.05) is 21.4 Å². The van der Waals surface area contributed by atoms with E-state index < -0.39 is 0 Å². The maximum absolute atomic E-state index is 3.57. The number of fused-ring (bicyclic) bond motifs is 4. The van der Waals surface area contributed by atoms with Gasteiger partial charge in [-0.3, -0.25) is 0 Å². The summed E-state index contributed by atoms with van der Waals surface area (Å²) in [7, 11) is 0. The van der Waals surface area contributed by atoms with Gasteiger partial charge in [-0.05, 0) is 47.1 Å². The second-order valence-corrected chi connectivity index (χ2v) is 8.16. The highest BCUT2D eigenvalue weighted by atomic mass is 79.9. The van der Waals surface area contributed by atoms with Crippen molar-refractivity contribution < 1.29 is 0 Å². The van der Waals surface area contributed by atoms with Crippen LogP contribution in [0, 0.1) is 0 Å². The number of nitrogens with one attached hydrogen (secondary N) is 2. The van der Waals surface area contributed by atoms with E-state index in [9.17, 15) is 0 Å². The van der Waals surface area contributed by atoms with Crippen molar-refractivity contribution in [2.24, 2.45) is 0 Å². The van der Waals surface area contributed by atoms with E-state index in [1.807, 2.05) is 0 Å². The van der Waals surface area contributed by atoms with Gasteiger partial charge < -0.3 is 10.6 Å². The second kappa shape index (κ2) is 7.76. The van der Waals surface area contributed by atoms with Crippen molar-refractivity contribution >= 4 is 39.5 Å². The molecule has 2 aliphatic carbocycles. The lowest BCUT2D eigenvalue weighted by Gasteiger charge is -2.26. The number of allylic oxidation sites excluding steroid dienone is 4. The molecule has 0 amide bonds. The van der Waals surface area contributed by atoms with Gasteiger partial charge in [-0.2, -0.15) is 0 Å². The number of benzene rings is 2. The Kier molecular flexibility index (Phi) is 4.82. The van der Waals surface area contributed by atoms with Crippen molar-refractivity contribution in [3.63, 3.8) is 0 Å².